The number of aromatic nitrogens is 2. The van der Waals surface area contributed by atoms with E-state index in [0.717, 1.165) is 11.3 Å². The van der Waals surface area contributed by atoms with E-state index in [1.807, 2.05) is 0 Å². The largest absolute Gasteiger partial charge is 0.478 e. The Balaban J connectivity index is 1.90. The quantitative estimate of drug-likeness (QED) is 0.775. The van der Waals surface area contributed by atoms with E-state index in [9.17, 15) is 9.59 Å². The molecule has 0 fully saturated rings. The monoisotopic (exact) mass is 299 g/mol. The van der Waals surface area contributed by atoms with E-state index < -0.39 is 5.97 Å². The van der Waals surface area contributed by atoms with Crippen molar-refractivity contribution in [2.45, 2.75) is 0 Å². The zero-order chi connectivity index (χ0) is 14.8. The summed E-state index contributed by atoms with van der Waals surface area (Å²) in [5.74, 6) is -1.46. The van der Waals surface area contributed by atoms with Gasteiger partial charge in [0.1, 0.15) is 5.00 Å². The van der Waals surface area contributed by atoms with Crippen LogP contribution >= 0.6 is 11.3 Å². The first-order chi connectivity index (χ1) is 10.1. The predicted molar refractivity (Wildman–Crippen MR) is 78.8 cm³/mol. The van der Waals surface area contributed by atoms with Gasteiger partial charge in [0, 0.05) is 18.0 Å². The summed E-state index contributed by atoms with van der Waals surface area (Å²) < 4.78 is 0. The van der Waals surface area contributed by atoms with Crippen LogP contribution in [0.15, 0.2) is 42.0 Å². The van der Waals surface area contributed by atoms with E-state index in [-0.39, 0.29) is 11.5 Å². The highest BCUT2D eigenvalue weighted by Crippen LogP contribution is 2.24. The molecule has 2 N–H and O–H groups in total. The molecule has 6 nitrogen and oxygen atoms in total. The number of carboxylic acid groups (broad SMARTS) is 1. The second-order valence-electron chi connectivity index (χ2n) is 4.18. The molecule has 104 valence electrons. The molecular weight excluding hydrogens is 290 g/mol. The topological polar surface area (TPSA) is 92.2 Å². The first-order valence-electron chi connectivity index (χ1n) is 5.98. The van der Waals surface area contributed by atoms with Gasteiger partial charge in [0.05, 0.1) is 16.6 Å². The van der Waals surface area contributed by atoms with Crippen LogP contribution < -0.4 is 5.32 Å². The lowest BCUT2D eigenvalue weighted by Crippen LogP contribution is -2.13. The molecule has 2 aromatic heterocycles. The molecule has 0 radical (unpaired) electrons. The maximum Gasteiger partial charge on any atom is 0.338 e. The molecule has 1 aromatic carbocycles. The number of carboxylic acids is 1. The summed E-state index contributed by atoms with van der Waals surface area (Å²) in [6, 6.07) is 6.39. The van der Waals surface area contributed by atoms with Crippen molar-refractivity contribution in [3.63, 3.8) is 0 Å². The van der Waals surface area contributed by atoms with Crippen LogP contribution in [0, 0.1) is 0 Å². The molecule has 3 aromatic rings. The van der Waals surface area contributed by atoms with Gasteiger partial charge in [0.2, 0.25) is 0 Å². The summed E-state index contributed by atoms with van der Waals surface area (Å²) in [5, 5.41) is 13.5. The lowest BCUT2D eigenvalue weighted by molar-refractivity contribution is 0.0698. The third-order valence-electron chi connectivity index (χ3n) is 2.85. The van der Waals surface area contributed by atoms with Crippen LogP contribution in [0.3, 0.4) is 0 Å². The normalized spacial score (nSPS) is 10.5. The Labute approximate surface area is 123 Å². The Morgan fingerprint density at radius 3 is 2.62 bits per heavy atom. The lowest BCUT2D eigenvalue weighted by Gasteiger charge is -2.05. The number of aromatic carboxylic acids is 1. The molecule has 0 spiro atoms. The van der Waals surface area contributed by atoms with Gasteiger partial charge in [-0.25, -0.2) is 4.79 Å². The van der Waals surface area contributed by atoms with Gasteiger partial charge >= 0.3 is 5.97 Å². The maximum absolute atomic E-state index is 12.2. The number of rotatable bonds is 3. The minimum Gasteiger partial charge on any atom is -0.478 e. The number of carbonyl (C=O) groups excluding carboxylic acids is 1. The van der Waals surface area contributed by atoms with Crippen LogP contribution in [0.4, 0.5) is 5.00 Å². The molecule has 0 saturated carbocycles. The molecule has 3 rings (SSSR count). The second kappa shape index (κ2) is 5.29. The maximum atomic E-state index is 12.2. The van der Waals surface area contributed by atoms with Gasteiger partial charge in [0.25, 0.3) is 5.91 Å². The molecule has 0 unspecified atom stereocenters. The molecule has 1 amide bonds. The van der Waals surface area contributed by atoms with Crippen LogP contribution in [-0.4, -0.2) is 27.0 Å². The fraction of sp³-hybridized carbons (Fsp3) is 0. The SMILES string of the molecule is O=C(Nc1sccc1C(=O)O)c1ccc2nccnc2c1. The summed E-state index contributed by atoms with van der Waals surface area (Å²) >= 11 is 1.16. The Morgan fingerprint density at radius 2 is 1.86 bits per heavy atom. The highest BCUT2D eigenvalue weighted by atomic mass is 32.1. The molecule has 21 heavy (non-hydrogen) atoms. The van der Waals surface area contributed by atoms with Gasteiger partial charge in [-0.15, -0.1) is 11.3 Å². The van der Waals surface area contributed by atoms with Crippen LogP contribution in [0.25, 0.3) is 11.0 Å². The van der Waals surface area contributed by atoms with Crippen molar-refractivity contribution < 1.29 is 14.7 Å². The average Bonchev–Trinajstić information content (AvgIpc) is 2.95. The van der Waals surface area contributed by atoms with E-state index in [0.29, 0.717) is 21.6 Å². The van der Waals surface area contributed by atoms with Crippen LogP contribution in [0.1, 0.15) is 20.7 Å². The Hall–Kier alpha value is -2.80. The Bertz CT molecular complexity index is 844. The third-order valence-corrected chi connectivity index (χ3v) is 3.68. The number of nitrogens with zero attached hydrogens (tertiary/aromatic N) is 2. The fourth-order valence-electron chi connectivity index (χ4n) is 1.85. The van der Waals surface area contributed by atoms with Gasteiger partial charge in [-0.05, 0) is 29.6 Å². The number of hydrogen-bond acceptors (Lipinski definition) is 5. The number of anilines is 1. The van der Waals surface area contributed by atoms with Crippen molar-refractivity contribution in [2.75, 3.05) is 5.32 Å². The molecule has 0 saturated heterocycles. The molecule has 0 aliphatic rings. The van der Waals surface area contributed by atoms with E-state index >= 15 is 0 Å². The number of benzene rings is 1. The number of hydrogen-bond donors (Lipinski definition) is 2. The summed E-state index contributed by atoms with van der Waals surface area (Å²) in [6.07, 6.45) is 3.12. The molecule has 2 heterocycles. The summed E-state index contributed by atoms with van der Waals surface area (Å²) in [6.45, 7) is 0. The Kier molecular flexibility index (Phi) is 3.33. The minimum absolute atomic E-state index is 0.0777. The zero-order valence-corrected chi connectivity index (χ0v) is 11.4. The van der Waals surface area contributed by atoms with E-state index in [4.69, 9.17) is 5.11 Å². The minimum atomic E-state index is -1.07. The highest BCUT2D eigenvalue weighted by molar-refractivity contribution is 7.14. The van der Waals surface area contributed by atoms with Crippen molar-refractivity contribution in [1.29, 1.82) is 0 Å². The van der Waals surface area contributed by atoms with E-state index in [2.05, 4.69) is 15.3 Å². The Morgan fingerprint density at radius 1 is 1.10 bits per heavy atom. The molecule has 0 aliphatic heterocycles. The van der Waals surface area contributed by atoms with Crippen molar-refractivity contribution >= 4 is 39.2 Å². The zero-order valence-electron chi connectivity index (χ0n) is 10.6. The number of fused-ring (bicyclic) bond motifs is 1. The predicted octanol–water partition coefficient (Wildman–Crippen LogP) is 2.64. The van der Waals surface area contributed by atoms with Crippen LogP contribution in [0.2, 0.25) is 0 Å². The lowest BCUT2D eigenvalue weighted by atomic mass is 10.2. The molecule has 0 bridgehead atoms. The first kappa shape index (κ1) is 13.2. The fourth-order valence-corrected chi connectivity index (χ4v) is 2.63. The van der Waals surface area contributed by atoms with Crippen molar-refractivity contribution in [1.82, 2.24) is 9.97 Å². The number of nitrogens with one attached hydrogen (secondary N) is 1. The molecule has 0 aliphatic carbocycles. The summed E-state index contributed by atoms with van der Waals surface area (Å²) in [5.41, 5.74) is 1.77. The molecule has 7 heteroatoms. The van der Waals surface area contributed by atoms with Gasteiger partial charge in [-0.1, -0.05) is 0 Å². The average molecular weight is 299 g/mol. The van der Waals surface area contributed by atoms with E-state index in [1.165, 1.54) is 6.07 Å². The van der Waals surface area contributed by atoms with E-state index in [1.54, 1.807) is 36.0 Å². The summed E-state index contributed by atoms with van der Waals surface area (Å²) in [4.78, 5) is 31.5. The standard InChI is InChI=1S/C14H9N3O3S/c18-12(17-13-9(14(19)20)3-6-21-13)8-1-2-10-11(7-8)16-5-4-15-10/h1-7H,(H,17,18)(H,19,20). The summed E-state index contributed by atoms with van der Waals surface area (Å²) in [7, 11) is 0. The second-order valence-corrected chi connectivity index (χ2v) is 5.10. The smallest absolute Gasteiger partial charge is 0.338 e. The number of amides is 1. The molecular formula is C14H9N3O3S. The van der Waals surface area contributed by atoms with Crippen molar-refractivity contribution in [3.05, 3.63) is 53.2 Å². The van der Waals surface area contributed by atoms with Crippen LogP contribution in [0.5, 0.6) is 0 Å². The van der Waals surface area contributed by atoms with Crippen molar-refractivity contribution in [3.8, 4) is 0 Å². The number of carbonyl (C=O) groups is 2. The molecule has 0 atom stereocenters. The van der Waals surface area contributed by atoms with Gasteiger partial charge in [-0.2, -0.15) is 0 Å². The highest BCUT2D eigenvalue weighted by Gasteiger charge is 2.15. The van der Waals surface area contributed by atoms with Crippen molar-refractivity contribution in [2.24, 2.45) is 0 Å². The van der Waals surface area contributed by atoms with Crippen LogP contribution in [-0.2, 0) is 0 Å². The van der Waals surface area contributed by atoms with Gasteiger partial charge in [0.15, 0.2) is 0 Å². The first-order valence-corrected chi connectivity index (χ1v) is 6.86. The number of thiophene rings is 1. The van der Waals surface area contributed by atoms with Gasteiger partial charge < -0.3 is 10.4 Å². The van der Waals surface area contributed by atoms with Gasteiger partial charge in [-0.3, -0.25) is 14.8 Å². The third kappa shape index (κ3) is 2.59.